The predicted molar refractivity (Wildman–Crippen MR) is 106 cm³/mol. The molecule has 0 saturated carbocycles. The van der Waals surface area contributed by atoms with Crippen molar-refractivity contribution < 1.29 is 9.53 Å². The van der Waals surface area contributed by atoms with Crippen molar-refractivity contribution in [3.8, 4) is 5.75 Å². The molecule has 4 N–H and O–H groups in total. The highest BCUT2D eigenvalue weighted by atomic mass is 16.5. The number of hydrogen-bond donors (Lipinski definition) is 3. The standard InChI is InChI=1S/C19H27N7O2/c1-3-21-19(24-16-8-5-9-26-18(16)23-13(2)25-26)22-11-14-6-4-7-15(10-14)28-12-17(20)27/h4,6-7,10,16H,3,5,8-9,11-12H2,1-2H3,(H2,20,27)(H2,21,22,24). The number of carbonyl (C=O) groups is 1. The Bertz CT molecular complexity index is 847. The Morgan fingerprint density at radius 2 is 2.32 bits per heavy atom. The SMILES string of the molecule is CCNC(=NCc1cccc(OCC(N)=O)c1)NC1CCCn2nc(C)nc21. The molecule has 0 aliphatic carbocycles. The van der Waals surface area contributed by atoms with Crippen LogP contribution < -0.4 is 21.1 Å². The van der Waals surface area contributed by atoms with E-state index in [1.54, 1.807) is 6.07 Å². The van der Waals surface area contributed by atoms with Crippen LogP contribution in [0.4, 0.5) is 0 Å². The first-order valence-electron chi connectivity index (χ1n) is 9.51. The fourth-order valence-electron chi connectivity index (χ4n) is 3.15. The molecule has 0 bridgehead atoms. The van der Waals surface area contributed by atoms with E-state index in [0.29, 0.717) is 12.3 Å². The molecule has 1 amide bonds. The maximum absolute atomic E-state index is 10.9. The molecule has 1 aliphatic heterocycles. The van der Waals surface area contributed by atoms with Crippen molar-refractivity contribution in [3.05, 3.63) is 41.5 Å². The summed E-state index contributed by atoms with van der Waals surface area (Å²) in [6.07, 6.45) is 2.03. The minimum absolute atomic E-state index is 0.0815. The molecule has 1 aromatic heterocycles. The molecule has 0 radical (unpaired) electrons. The van der Waals surface area contributed by atoms with Gasteiger partial charge in [0, 0.05) is 13.1 Å². The van der Waals surface area contributed by atoms with Gasteiger partial charge in [-0.25, -0.2) is 14.7 Å². The zero-order valence-electron chi connectivity index (χ0n) is 16.3. The van der Waals surface area contributed by atoms with Gasteiger partial charge >= 0.3 is 0 Å². The molecule has 0 fully saturated rings. The second-order valence-corrected chi connectivity index (χ2v) is 6.68. The number of aliphatic imine (C=N–C) groups is 1. The average molecular weight is 385 g/mol. The van der Waals surface area contributed by atoms with Crippen LogP contribution in [-0.2, 0) is 17.9 Å². The fraction of sp³-hybridized carbons (Fsp3) is 0.474. The lowest BCUT2D eigenvalue weighted by Crippen LogP contribution is -2.41. The molecule has 9 heteroatoms. The number of nitrogens with two attached hydrogens (primary N) is 1. The summed E-state index contributed by atoms with van der Waals surface area (Å²) in [5, 5.41) is 11.2. The van der Waals surface area contributed by atoms with Crippen LogP contribution in [0.3, 0.4) is 0 Å². The van der Waals surface area contributed by atoms with E-state index in [1.807, 2.05) is 36.7 Å². The number of nitrogens with zero attached hydrogens (tertiary/aromatic N) is 4. The number of nitrogens with one attached hydrogen (secondary N) is 2. The highest BCUT2D eigenvalue weighted by Gasteiger charge is 2.24. The number of fused-ring (bicyclic) bond motifs is 1. The molecule has 0 saturated heterocycles. The van der Waals surface area contributed by atoms with Gasteiger partial charge in [-0.3, -0.25) is 4.79 Å². The molecule has 9 nitrogen and oxygen atoms in total. The summed E-state index contributed by atoms with van der Waals surface area (Å²) in [7, 11) is 0. The molecule has 28 heavy (non-hydrogen) atoms. The molecule has 3 rings (SSSR count). The maximum Gasteiger partial charge on any atom is 0.255 e. The predicted octanol–water partition coefficient (Wildman–Crippen LogP) is 1.04. The lowest BCUT2D eigenvalue weighted by molar-refractivity contribution is -0.119. The first-order valence-corrected chi connectivity index (χ1v) is 9.51. The molecular formula is C19H27N7O2. The molecule has 2 aromatic rings. The zero-order chi connectivity index (χ0) is 19.9. The van der Waals surface area contributed by atoms with E-state index in [9.17, 15) is 4.79 Å². The summed E-state index contributed by atoms with van der Waals surface area (Å²) in [5.74, 6) is 2.57. The molecule has 1 unspecified atom stereocenters. The van der Waals surface area contributed by atoms with Crippen molar-refractivity contribution in [1.29, 1.82) is 0 Å². The Morgan fingerprint density at radius 3 is 3.11 bits per heavy atom. The Kier molecular flexibility index (Phi) is 6.46. The Morgan fingerprint density at radius 1 is 1.46 bits per heavy atom. The number of aryl methyl sites for hydroxylation is 2. The van der Waals surface area contributed by atoms with Gasteiger partial charge in [-0.2, -0.15) is 5.10 Å². The van der Waals surface area contributed by atoms with Gasteiger partial charge in [0.1, 0.15) is 17.4 Å². The van der Waals surface area contributed by atoms with Gasteiger partial charge in [-0.15, -0.1) is 0 Å². The second kappa shape index (κ2) is 9.20. The number of benzene rings is 1. The third-order valence-electron chi connectivity index (χ3n) is 4.34. The smallest absolute Gasteiger partial charge is 0.255 e. The molecule has 2 heterocycles. The van der Waals surface area contributed by atoms with Crippen molar-refractivity contribution >= 4 is 11.9 Å². The van der Waals surface area contributed by atoms with E-state index in [1.165, 1.54) is 0 Å². The van der Waals surface area contributed by atoms with E-state index in [0.717, 1.165) is 49.1 Å². The summed E-state index contributed by atoms with van der Waals surface area (Å²) < 4.78 is 7.32. The van der Waals surface area contributed by atoms with Gasteiger partial charge in [0.2, 0.25) is 0 Å². The Labute approximate surface area is 164 Å². The third-order valence-corrected chi connectivity index (χ3v) is 4.34. The van der Waals surface area contributed by atoms with Gasteiger partial charge < -0.3 is 21.1 Å². The van der Waals surface area contributed by atoms with E-state index in [-0.39, 0.29) is 12.6 Å². The maximum atomic E-state index is 10.9. The van der Waals surface area contributed by atoms with E-state index >= 15 is 0 Å². The van der Waals surface area contributed by atoms with Crippen LogP contribution in [0, 0.1) is 6.92 Å². The van der Waals surface area contributed by atoms with Crippen molar-refractivity contribution in [2.45, 2.75) is 45.8 Å². The Hall–Kier alpha value is -3.10. The highest BCUT2D eigenvalue weighted by Crippen LogP contribution is 2.23. The minimum atomic E-state index is -0.502. The number of carbonyl (C=O) groups excluding carboxylic acids is 1. The van der Waals surface area contributed by atoms with Crippen LogP contribution in [0.1, 0.15) is 43.0 Å². The topological polar surface area (TPSA) is 119 Å². The normalized spacial score (nSPS) is 16.4. The molecule has 1 atom stereocenters. The molecule has 0 spiro atoms. The molecule has 1 aromatic carbocycles. The monoisotopic (exact) mass is 385 g/mol. The lowest BCUT2D eigenvalue weighted by atomic mass is 10.1. The van der Waals surface area contributed by atoms with Gasteiger partial charge in [-0.05, 0) is 44.4 Å². The minimum Gasteiger partial charge on any atom is -0.484 e. The number of rotatable bonds is 7. The van der Waals surface area contributed by atoms with Gasteiger partial charge in [0.05, 0.1) is 12.6 Å². The van der Waals surface area contributed by atoms with E-state index in [4.69, 9.17) is 10.5 Å². The summed E-state index contributed by atoms with van der Waals surface area (Å²) in [6.45, 7) is 5.93. The van der Waals surface area contributed by atoms with Crippen LogP contribution >= 0.6 is 0 Å². The van der Waals surface area contributed by atoms with Crippen molar-refractivity contribution in [3.63, 3.8) is 0 Å². The zero-order valence-corrected chi connectivity index (χ0v) is 16.3. The van der Waals surface area contributed by atoms with Crippen molar-refractivity contribution in [2.75, 3.05) is 13.2 Å². The molecule has 1 aliphatic rings. The number of ether oxygens (including phenoxy) is 1. The summed E-state index contributed by atoms with van der Waals surface area (Å²) in [6, 6.07) is 7.56. The first-order chi connectivity index (χ1) is 13.5. The van der Waals surface area contributed by atoms with Gasteiger partial charge in [-0.1, -0.05) is 12.1 Å². The molecule has 150 valence electrons. The van der Waals surface area contributed by atoms with E-state index < -0.39 is 5.91 Å². The first kappa shape index (κ1) is 19.7. The largest absolute Gasteiger partial charge is 0.484 e. The number of hydrogen-bond acceptors (Lipinski definition) is 5. The number of amides is 1. The van der Waals surface area contributed by atoms with Crippen LogP contribution in [0.25, 0.3) is 0 Å². The second-order valence-electron chi connectivity index (χ2n) is 6.68. The number of guanidine groups is 1. The average Bonchev–Trinajstić information content (AvgIpc) is 3.06. The lowest BCUT2D eigenvalue weighted by Gasteiger charge is -2.25. The third kappa shape index (κ3) is 5.21. The Balaban J connectivity index is 1.68. The number of primary amides is 1. The van der Waals surface area contributed by atoms with E-state index in [2.05, 4.69) is 25.7 Å². The summed E-state index contributed by atoms with van der Waals surface area (Å²) in [4.78, 5) is 20.1. The van der Waals surface area contributed by atoms with Crippen LogP contribution in [-0.4, -0.2) is 39.8 Å². The quantitative estimate of drug-likeness (QED) is 0.484. The van der Waals surface area contributed by atoms with Crippen molar-refractivity contribution in [2.24, 2.45) is 10.7 Å². The summed E-state index contributed by atoms with van der Waals surface area (Å²) >= 11 is 0. The van der Waals surface area contributed by atoms with Gasteiger partial charge in [0.15, 0.2) is 12.6 Å². The van der Waals surface area contributed by atoms with Crippen LogP contribution in [0.2, 0.25) is 0 Å². The van der Waals surface area contributed by atoms with Crippen LogP contribution in [0.5, 0.6) is 5.75 Å². The van der Waals surface area contributed by atoms with Crippen molar-refractivity contribution in [1.82, 2.24) is 25.4 Å². The number of aromatic nitrogens is 3. The fourth-order valence-corrected chi connectivity index (χ4v) is 3.15. The van der Waals surface area contributed by atoms with Crippen LogP contribution in [0.15, 0.2) is 29.3 Å². The summed E-state index contributed by atoms with van der Waals surface area (Å²) in [5.41, 5.74) is 6.09. The highest BCUT2D eigenvalue weighted by molar-refractivity contribution is 5.80. The van der Waals surface area contributed by atoms with Gasteiger partial charge in [0.25, 0.3) is 5.91 Å². The molecular weight excluding hydrogens is 358 g/mol.